The number of nitrogen functional groups attached to an aromatic ring is 1. The maximum Gasteiger partial charge on any atom is 0.139 e. The summed E-state index contributed by atoms with van der Waals surface area (Å²) >= 11 is 0. The largest absolute Gasteiger partial charge is 0.489 e. The van der Waals surface area contributed by atoms with Crippen LogP contribution in [0, 0.1) is 0 Å². The molecule has 3 rings (SSSR count). The van der Waals surface area contributed by atoms with Crippen molar-refractivity contribution in [3.63, 3.8) is 0 Å². The number of aryl methyl sites for hydroxylation is 2. The Balaban J connectivity index is 1.65. The lowest BCUT2D eigenvalue weighted by atomic mass is 9.92. The van der Waals surface area contributed by atoms with E-state index in [1.165, 1.54) is 36.8 Å². The Kier molecular flexibility index (Phi) is 3.83. The number of benzene rings is 1. The van der Waals surface area contributed by atoms with E-state index >= 15 is 0 Å². The fourth-order valence-corrected chi connectivity index (χ4v) is 2.56. The molecule has 20 heavy (non-hydrogen) atoms. The number of nitrogens with two attached hydrogens (primary N) is 1. The average Bonchev–Trinajstić information content (AvgIpc) is 2.53. The summed E-state index contributed by atoms with van der Waals surface area (Å²) in [6, 6.07) is 10.2. The summed E-state index contributed by atoms with van der Waals surface area (Å²) in [5.41, 5.74) is 6.45. The van der Waals surface area contributed by atoms with Crippen LogP contribution in [-0.4, -0.2) is 4.98 Å². The fraction of sp³-hybridized carbons (Fsp3) is 0.312. The Hall–Kier alpha value is -2.07. The molecule has 0 bridgehead atoms. The summed E-state index contributed by atoms with van der Waals surface area (Å²) in [4.78, 5) is 4.16. The Labute approximate surface area is 119 Å². The number of ether oxygens (including phenoxy) is 1. The molecular weight excluding hydrogens is 250 g/mol. The van der Waals surface area contributed by atoms with E-state index in [0.717, 1.165) is 11.3 Å². The molecule has 3 N–H and O–H groups in total. The highest BCUT2D eigenvalue weighted by atomic mass is 16.5. The van der Waals surface area contributed by atoms with Crippen molar-refractivity contribution in [2.24, 2.45) is 5.84 Å². The summed E-state index contributed by atoms with van der Waals surface area (Å²) < 4.78 is 5.84. The van der Waals surface area contributed by atoms with Gasteiger partial charge < -0.3 is 10.2 Å². The number of pyridine rings is 1. The van der Waals surface area contributed by atoms with Crippen LogP contribution < -0.4 is 16.0 Å². The van der Waals surface area contributed by atoms with E-state index in [2.05, 4.69) is 28.6 Å². The van der Waals surface area contributed by atoms with Crippen molar-refractivity contribution in [1.29, 1.82) is 0 Å². The third-order valence-corrected chi connectivity index (χ3v) is 3.70. The minimum Gasteiger partial charge on any atom is -0.489 e. The average molecular weight is 269 g/mol. The summed E-state index contributed by atoms with van der Waals surface area (Å²) in [5, 5.41) is 0. The monoisotopic (exact) mass is 269 g/mol. The number of fused-ring (bicyclic) bond motifs is 1. The van der Waals surface area contributed by atoms with Crippen molar-refractivity contribution in [2.45, 2.75) is 32.3 Å². The number of hydrogen-bond acceptors (Lipinski definition) is 4. The number of aromatic nitrogens is 1. The summed E-state index contributed by atoms with van der Waals surface area (Å²) in [6.07, 6.45) is 6.74. The van der Waals surface area contributed by atoms with E-state index in [0.29, 0.717) is 12.4 Å². The van der Waals surface area contributed by atoms with Gasteiger partial charge in [-0.2, -0.15) is 0 Å². The van der Waals surface area contributed by atoms with Gasteiger partial charge in [-0.15, -0.1) is 0 Å². The number of nitrogens with one attached hydrogen (secondary N) is 1. The molecule has 4 heteroatoms. The van der Waals surface area contributed by atoms with Crippen molar-refractivity contribution in [2.75, 3.05) is 5.43 Å². The molecule has 0 atom stereocenters. The second kappa shape index (κ2) is 5.92. The summed E-state index contributed by atoms with van der Waals surface area (Å²) in [5.74, 6) is 6.88. The predicted octanol–water partition coefficient (Wildman–Crippen LogP) is 2.83. The van der Waals surface area contributed by atoms with Gasteiger partial charge in [0.2, 0.25) is 0 Å². The quantitative estimate of drug-likeness (QED) is 0.662. The molecule has 1 aliphatic rings. The second-order valence-electron chi connectivity index (χ2n) is 5.12. The highest BCUT2D eigenvalue weighted by molar-refractivity contribution is 5.37. The summed E-state index contributed by atoms with van der Waals surface area (Å²) in [7, 11) is 0. The molecule has 104 valence electrons. The van der Waals surface area contributed by atoms with Gasteiger partial charge in [-0.3, -0.25) is 0 Å². The van der Waals surface area contributed by atoms with E-state index in [1.807, 2.05) is 12.1 Å². The number of hydrogen-bond donors (Lipinski definition) is 2. The smallest absolute Gasteiger partial charge is 0.139 e. The van der Waals surface area contributed by atoms with Crippen molar-refractivity contribution < 1.29 is 4.74 Å². The van der Waals surface area contributed by atoms with Crippen LogP contribution >= 0.6 is 0 Å². The van der Waals surface area contributed by atoms with Gasteiger partial charge >= 0.3 is 0 Å². The first-order chi connectivity index (χ1) is 9.85. The van der Waals surface area contributed by atoms with Crippen LogP contribution in [-0.2, 0) is 19.4 Å². The molecule has 4 nitrogen and oxygen atoms in total. The first-order valence-electron chi connectivity index (χ1n) is 7.01. The standard InChI is InChI=1S/C16H19N3O/c17-19-16-8-5-12(10-18-16)11-20-15-7-6-13-3-1-2-4-14(13)9-15/h5-10H,1-4,11,17H2,(H,18,19). The molecule has 0 radical (unpaired) electrons. The van der Waals surface area contributed by atoms with E-state index < -0.39 is 0 Å². The maximum absolute atomic E-state index is 5.84. The van der Waals surface area contributed by atoms with Crippen LogP contribution in [0.4, 0.5) is 5.82 Å². The Bertz CT molecular complexity index is 581. The lowest BCUT2D eigenvalue weighted by molar-refractivity contribution is 0.305. The number of nitrogens with zero attached hydrogens (tertiary/aromatic N) is 1. The molecule has 2 aromatic rings. The minimum absolute atomic E-state index is 0.524. The van der Waals surface area contributed by atoms with Crippen LogP contribution in [0.1, 0.15) is 29.5 Å². The molecule has 1 aromatic heterocycles. The zero-order chi connectivity index (χ0) is 13.8. The van der Waals surface area contributed by atoms with Crippen molar-refractivity contribution in [3.8, 4) is 5.75 Å². The van der Waals surface area contributed by atoms with Crippen molar-refractivity contribution in [3.05, 3.63) is 53.2 Å². The van der Waals surface area contributed by atoms with Crippen molar-refractivity contribution >= 4 is 5.82 Å². The van der Waals surface area contributed by atoms with Gasteiger partial charge in [0.15, 0.2) is 0 Å². The number of anilines is 1. The molecule has 0 spiro atoms. The predicted molar refractivity (Wildman–Crippen MR) is 79.5 cm³/mol. The molecule has 0 amide bonds. The molecule has 0 fully saturated rings. The van der Waals surface area contributed by atoms with Crippen LogP contribution in [0.25, 0.3) is 0 Å². The van der Waals surface area contributed by atoms with Gasteiger partial charge in [-0.25, -0.2) is 10.8 Å². The zero-order valence-corrected chi connectivity index (χ0v) is 11.4. The number of rotatable bonds is 4. The molecule has 1 aromatic carbocycles. The van der Waals surface area contributed by atoms with E-state index in [4.69, 9.17) is 10.6 Å². The first-order valence-corrected chi connectivity index (χ1v) is 7.01. The summed E-state index contributed by atoms with van der Waals surface area (Å²) in [6.45, 7) is 0.524. The van der Waals surface area contributed by atoms with E-state index in [-0.39, 0.29) is 0 Å². The molecule has 1 heterocycles. The van der Waals surface area contributed by atoms with Crippen LogP contribution in [0.3, 0.4) is 0 Å². The van der Waals surface area contributed by atoms with Gasteiger partial charge in [-0.1, -0.05) is 12.1 Å². The Morgan fingerprint density at radius 2 is 1.95 bits per heavy atom. The SMILES string of the molecule is NNc1ccc(COc2ccc3c(c2)CCCC3)cn1. The molecule has 0 saturated carbocycles. The van der Waals surface area contributed by atoms with Crippen LogP contribution in [0.15, 0.2) is 36.5 Å². The highest BCUT2D eigenvalue weighted by Gasteiger charge is 2.09. The topological polar surface area (TPSA) is 60.2 Å². The normalized spacial score (nSPS) is 13.7. The van der Waals surface area contributed by atoms with Gasteiger partial charge in [0, 0.05) is 11.8 Å². The van der Waals surface area contributed by atoms with Gasteiger partial charge in [-0.05, 0) is 55.0 Å². The lowest BCUT2D eigenvalue weighted by Gasteiger charge is -2.16. The lowest BCUT2D eigenvalue weighted by Crippen LogP contribution is -2.08. The molecule has 0 aliphatic heterocycles. The molecule has 0 saturated heterocycles. The van der Waals surface area contributed by atoms with Gasteiger partial charge in [0.05, 0.1) is 0 Å². The Morgan fingerprint density at radius 3 is 2.70 bits per heavy atom. The van der Waals surface area contributed by atoms with E-state index in [9.17, 15) is 0 Å². The second-order valence-corrected chi connectivity index (χ2v) is 5.12. The van der Waals surface area contributed by atoms with Crippen molar-refractivity contribution in [1.82, 2.24) is 4.98 Å². The van der Waals surface area contributed by atoms with Crippen LogP contribution in [0.2, 0.25) is 0 Å². The first kappa shape index (κ1) is 12.9. The molecule has 1 aliphatic carbocycles. The number of hydrazine groups is 1. The van der Waals surface area contributed by atoms with Crippen LogP contribution in [0.5, 0.6) is 5.75 Å². The third kappa shape index (κ3) is 2.91. The maximum atomic E-state index is 5.84. The van der Waals surface area contributed by atoms with Gasteiger partial charge in [0.25, 0.3) is 0 Å². The Morgan fingerprint density at radius 1 is 1.10 bits per heavy atom. The van der Waals surface area contributed by atoms with E-state index in [1.54, 1.807) is 6.20 Å². The fourth-order valence-electron chi connectivity index (χ4n) is 2.56. The highest BCUT2D eigenvalue weighted by Crippen LogP contribution is 2.25. The van der Waals surface area contributed by atoms with Gasteiger partial charge in [0.1, 0.15) is 18.2 Å². The minimum atomic E-state index is 0.524. The molecular formula is C16H19N3O. The third-order valence-electron chi connectivity index (χ3n) is 3.70. The zero-order valence-electron chi connectivity index (χ0n) is 11.4. The molecule has 0 unspecified atom stereocenters.